The summed E-state index contributed by atoms with van der Waals surface area (Å²) in [7, 11) is 0. The second-order valence-corrected chi connectivity index (χ2v) is 5.41. The molecule has 0 spiro atoms. The molecule has 3 aromatic rings. The molecule has 1 aromatic carbocycles. The number of nitrogens with one attached hydrogen (secondary N) is 1. The van der Waals surface area contributed by atoms with Gasteiger partial charge in [-0.1, -0.05) is 47.6 Å². The summed E-state index contributed by atoms with van der Waals surface area (Å²) >= 11 is 7.66. The van der Waals surface area contributed by atoms with Crippen molar-refractivity contribution in [2.24, 2.45) is 0 Å². The van der Waals surface area contributed by atoms with Crippen molar-refractivity contribution in [2.75, 3.05) is 0 Å². The third-order valence-corrected chi connectivity index (χ3v) is 3.95. The lowest BCUT2D eigenvalue weighted by Crippen LogP contribution is -1.84. The molecule has 1 N–H and O–H groups in total. The van der Waals surface area contributed by atoms with E-state index in [1.54, 1.807) is 6.20 Å². The fraction of sp³-hybridized carbons (Fsp3) is 0.0714. The predicted octanol–water partition coefficient (Wildman–Crippen LogP) is 3.81. The quantitative estimate of drug-likeness (QED) is 0.745. The van der Waals surface area contributed by atoms with Crippen LogP contribution in [0.1, 0.15) is 5.56 Å². The Hall–Kier alpha value is -1.85. The highest BCUT2D eigenvalue weighted by atomic mass is 35.5. The van der Waals surface area contributed by atoms with Gasteiger partial charge < -0.3 is 0 Å². The highest BCUT2D eigenvalue weighted by Crippen LogP contribution is 2.25. The minimum absolute atomic E-state index is 0.673. The number of aromatic amines is 1. The number of aromatic nitrogens is 4. The SMILES string of the molecule is Clc1ccccc1CSc1n[nH]c(-c2ccccn2)n1. The van der Waals surface area contributed by atoms with Crippen LogP contribution in [0.5, 0.6) is 0 Å². The van der Waals surface area contributed by atoms with E-state index in [1.165, 1.54) is 11.8 Å². The molecule has 0 amide bonds. The van der Waals surface area contributed by atoms with E-state index in [9.17, 15) is 0 Å². The molecule has 0 unspecified atom stereocenters. The molecule has 2 heterocycles. The second-order valence-electron chi connectivity index (χ2n) is 4.06. The Morgan fingerprint density at radius 1 is 1.10 bits per heavy atom. The van der Waals surface area contributed by atoms with Crippen molar-refractivity contribution < 1.29 is 0 Å². The lowest BCUT2D eigenvalue weighted by Gasteiger charge is -2.00. The first-order valence-electron chi connectivity index (χ1n) is 6.03. The maximum Gasteiger partial charge on any atom is 0.209 e. The van der Waals surface area contributed by atoms with E-state index >= 15 is 0 Å². The van der Waals surface area contributed by atoms with Gasteiger partial charge in [-0.2, -0.15) is 4.98 Å². The topological polar surface area (TPSA) is 54.5 Å². The van der Waals surface area contributed by atoms with E-state index in [0.29, 0.717) is 11.0 Å². The molecule has 0 saturated carbocycles. The number of thioether (sulfide) groups is 1. The van der Waals surface area contributed by atoms with Gasteiger partial charge in [0.25, 0.3) is 0 Å². The van der Waals surface area contributed by atoms with E-state index in [4.69, 9.17) is 11.6 Å². The van der Waals surface area contributed by atoms with Crippen LogP contribution in [-0.2, 0) is 5.75 Å². The Kier molecular flexibility index (Phi) is 3.99. The lowest BCUT2D eigenvalue weighted by molar-refractivity contribution is 0.973. The summed E-state index contributed by atoms with van der Waals surface area (Å²) in [5, 5.41) is 8.53. The molecule has 0 atom stereocenters. The largest absolute Gasteiger partial charge is 0.257 e. The van der Waals surface area contributed by atoms with Crippen molar-refractivity contribution in [1.29, 1.82) is 0 Å². The maximum absolute atomic E-state index is 6.12. The molecule has 0 bridgehead atoms. The second kappa shape index (κ2) is 6.07. The molecule has 3 rings (SSSR count). The van der Waals surface area contributed by atoms with Crippen LogP contribution < -0.4 is 0 Å². The lowest BCUT2D eigenvalue weighted by atomic mass is 10.2. The molecule has 0 aliphatic carbocycles. The molecular formula is C14H11ClN4S. The Morgan fingerprint density at radius 3 is 2.75 bits per heavy atom. The minimum Gasteiger partial charge on any atom is -0.257 e. The molecular weight excluding hydrogens is 292 g/mol. The smallest absolute Gasteiger partial charge is 0.209 e. The zero-order chi connectivity index (χ0) is 13.8. The summed E-state index contributed by atoms with van der Waals surface area (Å²) in [6.07, 6.45) is 1.73. The van der Waals surface area contributed by atoms with E-state index in [-0.39, 0.29) is 0 Å². The first-order valence-corrected chi connectivity index (χ1v) is 7.39. The van der Waals surface area contributed by atoms with Gasteiger partial charge >= 0.3 is 0 Å². The van der Waals surface area contributed by atoms with Crippen molar-refractivity contribution in [2.45, 2.75) is 10.9 Å². The number of H-pyrrole nitrogens is 1. The third kappa shape index (κ3) is 3.00. The van der Waals surface area contributed by atoms with Gasteiger partial charge in [-0.25, -0.2) is 0 Å². The zero-order valence-electron chi connectivity index (χ0n) is 10.5. The molecule has 6 heteroatoms. The fourth-order valence-electron chi connectivity index (χ4n) is 1.69. The normalized spacial score (nSPS) is 10.7. The number of rotatable bonds is 4. The van der Waals surface area contributed by atoms with Crippen LogP contribution in [0.3, 0.4) is 0 Å². The number of hydrogen-bond acceptors (Lipinski definition) is 4. The Labute approximate surface area is 125 Å². The number of benzene rings is 1. The fourth-order valence-corrected chi connectivity index (χ4v) is 2.77. The van der Waals surface area contributed by atoms with E-state index < -0.39 is 0 Å². The van der Waals surface area contributed by atoms with Crippen LogP contribution in [0.4, 0.5) is 0 Å². The van der Waals surface area contributed by atoms with Gasteiger partial charge in [-0.05, 0) is 23.8 Å². The summed E-state index contributed by atoms with van der Waals surface area (Å²) in [5.74, 6) is 1.41. The van der Waals surface area contributed by atoms with Crippen molar-refractivity contribution in [3.63, 3.8) is 0 Å². The van der Waals surface area contributed by atoms with Gasteiger partial charge in [0.2, 0.25) is 5.16 Å². The predicted molar refractivity (Wildman–Crippen MR) is 80.6 cm³/mol. The Balaban J connectivity index is 1.71. The van der Waals surface area contributed by atoms with Gasteiger partial charge in [-0.3, -0.25) is 10.1 Å². The zero-order valence-corrected chi connectivity index (χ0v) is 12.0. The third-order valence-electron chi connectivity index (χ3n) is 2.69. The van der Waals surface area contributed by atoms with Gasteiger partial charge in [-0.15, -0.1) is 5.10 Å². The summed E-state index contributed by atoms with van der Waals surface area (Å²) in [6, 6.07) is 13.5. The van der Waals surface area contributed by atoms with Gasteiger partial charge in [0, 0.05) is 17.0 Å². The standard InChI is InChI=1S/C14H11ClN4S/c15-11-6-2-1-5-10(11)9-20-14-17-13(18-19-14)12-7-3-4-8-16-12/h1-8H,9H2,(H,17,18,19). The van der Waals surface area contributed by atoms with Crippen molar-refractivity contribution in [3.05, 3.63) is 59.2 Å². The van der Waals surface area contributed by atoms with Crippen LogP contribution in [-0.4, -0.2) is 20.2 Å². The summed E-state index contributed by atoms with van der Waals surface area (Å²) in [4.78, 5) is 8.65. The molecule has 100 valence electrons. The average molecular weight is 303 g/mol. The first-order chi connectivity index (χ1) is 9.83. The Morgan fingerprint density at radius 2 is 1.95 bits per heavy atom. The van der Waals surface area contributed by atoms with Crippen LogP contribution in [0, 0.1) is 0 Å². The molecule has 0 radical (unpaired) electrons. The van der Waals surface area contributed by atoms with Crippen molar-refractivity contribution >= 4 is 23.4 Å². The summed E-state index contributed by atoms with van der Waals surface area (Å²) in [6.45, 7) is 0. The molecule has 0 fully saturated rings. The van der Waals surface area contributed by atoms with Crippen LogP contribution in [0.25, 0.3) is 11.5 Å². The number of hydrogen-bond donors (Lipinski definition) is 1. The number of pyridine rings is 1. The van der Waals surface area contributed by atoms with Crippen LogP contribution >= 0.6 is 23.4 Å². The average Bonchev–Trinajstić information content (AvgIpc) is 2.96. The molecule has 0 aliphatic rings. The molecule has 20 heavy (non-hydrogen) atoms. The molecule has 0 saturated heterocycles. The highest BCUT2D eigenvalue weighted by Gasteiger charge is 2.08. The maximum atomic E-state index is 6.12. The Bertz CT molecular complexity index is 699. The van der Waals surface area contributed by atoms with E-state index in [1.807, 2.05) is 42.5 Å². The molecule has 4 nitrogen and oxygen atoms in total. The summed E-state index contributed by atoms with van der Waals surface area (Å²) in [5.41, 5.74) is 1.85. The van der Waals surface area contributed by atoms with E-state index in [0.717, 1.165) is 22.0 Å². The van der Waals surface area contributed by atoms with Crippen LogP contribution in [0.2, 0.25) is 5.02 Å². The monoisotopic (exact) mass is 302 g/mol. The summed E-state index contributed by atoms with van der Waals surface area (Å²) < 4.78 is 0. The molecule has 2 aromatic heterocycles. The van der Waals surface area contributed by atoms with Gasteiger partial charge in [0.05, 0.1) is 0 Å². The number of nitrogens with zero attached hydrogens (tertiary/aromatic N) is 3. The van der Waals surface area contributed by atoms with Gasteiger partial charge in [0.15, 0.2) is 5.82 Å². The van der Waals surface area contributed by atoms with Gasteiger partial charge in [0.1, 0.15) is 5.69 Å². The minimum atomic E-state index is 0.673. The van der Waals surface area contributed by atoms with E-state index in [2.05, 4.69) is 20.2 Å². The van der Waals surface area contributed by atoms with Crippen LogP contribution in [0.15, 0.2) is 53.8 Å². The van der Waals surface area contributed by atoms with Crippen molar-refractivity contribution in [1.82, 2.24) is 20.2 Å². The number of halogens is 1. The molecule has 0 aliphatic heterocycles. The highest BCUT2D eigenvalue weighted by molar-refractivity contribution is 7.98. The van der Waals surface area contributed by atoms with Crippen molar-refractivity contribution in [3.8, 4) is 11.5 Å². The first kappa shape index (κ1) is 13.1.